The summed E-state index contributed by atoms with van der Waals surface area (Å²) in [4.78, 5) is 32.2. The second-order valence-corrected chi connectivity index (χ2v) is 5.13. The smallest absolute Gasteiger partial charge is 0.210 e. The van der Waals surface area contributed by atoms with E-state index in [2.05, 4.69) is 9.97 Å². The van der Waals surface area contributed by atoms with Gasteiger partial charge in [0.25, 0.3) is 0 Å². The molecule has 1 unspecified atom stereocenters. The largest absolute Gasteiger partial charge is 0.298 e. The quantitative estimate of drug-likeness (QED) is 0.578. The summed E-state index contributed by atoms with van der Waals surface area (Å²) in [7, 11) is 0. The molecule has 1 aromatic heterocycles. The first kappa shape index (κ1) is 11.9. The summed E-state index contributed by atoms with van der Waals surface area (Å²) < 4.78 is 0. The molecule has 1 atom stereocenters. The Morgan fingerprint density at radius 1 is 1.35 bits per heavy atom. The van der Waals surface area contributed by atoms with E-state index < -0.39 is 11.3 Å². The van der Waals surface area contributed by atoms with Crippen molar-refractivity contribution in [2.24, 2.45) is 11.3 Å². The highest BCUT2D eigenvalue weighted by atomic mass is 16.2. The molecule has 1 heterocycles. The van der Waals surface area contributed by atoms with Crippen LogP contribution in [0.4, 0.5) is 0 Å². The van der Waals surface area contributed by atoms with Crippen molar-refractivity contribution in [3.05, 3.63) is 24.3 Å². The number of Topliss-reactive ketones (excluding diaryl/α,β-unsaturated/α-hetero) is 2. The zero-order valence-electron chi connectivity index (χ0n) is 10.1. The minimum atomic E-state index is -0.554. The molecule has 0 bridgehead atoms. The molecule has 1 aliphatic carbocycles. The molecule has 1 aromatic rings. The summed E-state index contributed by atoms with van der Waals surface area (Å²) in [6.45, 7) is 3.81. The lowest BCUT2D eigenvalue weighted by atomic mass is 9.69. The molecule has 0 aliphatic heterocycles. The van der Waals surface area contributed by atoms with Gasteiger partial charge in [0.15, 0.2) is 5.82 Å². The van der Waals surface area contributed by atoms with Crippen LogP contribution in [0.25, 0.3) is 0 Å². The van der Waals surface area contributed by atoms with E-state index in [-0.39, 0.29) is 17.4 Å². The Morgan fingerprint density at radius 3 is 2.65 bits per heavy atom. The lowest BCUT2D eigenvalue weighted by molar-refractivity contribution is -0.132. The van der Waals surface area contributed by atoms with Gasteiger partial charge in [-0.25, -0.2) is 9.97 Å². The van der Waals surface area contributed by atoms with E-state index >= 15 is 0 Å². The number of aromatic nitrogens is 2. The molecule has 0 N–H and O–H groups in total. The van der Waals surface area contributed by atoms with Crippen LogP contribution in [-0.4, -0.2) is 21.5 Å². The molecule has 17 heavy (non-hydrogen) atoms. The Morgan fingerprint density at radius 2 is 2.00 bits per heavy atom. The van der Waals surface area contributed by atoms with Gasteiger partial charge in [-0.2, -0.15) is 0 Å². The number of carbonyl (C=O) groups excluding carboxylic acids is 2. The zero-order chi connectivity index (χ0) is 12.5. The van der Waals surface area contributed by atoms with E-state index in [9.17, 15) is 9.59 Å². The Kier molecular flexibility index (Phi) is 3.05. The van der Waals surface area contributed by atoms with Crippen molar-refractivity contribution < 1.29 is 9.59 Å². The van der Waals surface area contributed by atoms with Crippen molar-refractivity contribution in [3.63, 3.8) is 0 Å². The van der Waals surface area contributed by atoms with Crippen molar-refractivity contribution >= 4 is 11.6 Å². The SMILES string of the molecule is CC1(C)CCCC(C(=O)c2ncccn2)C1=O. The fourth-order valence-corrected chi connectivity index (χ4v) is 2.31. The Balaban J connectivity index is 2.23. The fraction of sp³-hybridized carbons (Fsp3) is 0.538. The van der Waals surface area contributed by atoms with Crippen molar-refractivity contribution in [3.8, 4) is 0 Å². The fourth-order valence-electron chi connectivity index (χ4n) is 2.31. The summed E-state index contributed by atoms with van der Waals surface area (Å²) in [5.74, 6) is -0.603. The van der Waals surface area contributed by atoms with Crippen LogP contribution in [0.15, 0.2) is 18.5 Å². The highest BCUT2D eigenvalue weighted by Gasteiger charge is 2.41. The number of ketones is 2. The molecule has 0 saturated heterocycles. The van der Waals surface area contributed by atoms with Crippen LogP contribution >= 0.6 is 0 Å². The summed E-state index contributed by atoms with van der Waals surface area (Å²) in [5.41, 5.74) is -0.395. The topological polar surface area (TPSA) is 59.9 Å². The molecule has 4 heteroatoms. The van der Waals surface area contributed by atoms with E-state index in [0.717, 1.165) is 12.8 Å². The standard InChI is InChI=1S/C13H16N2O2/c1-13(2)6-3-5-9(11(13)17)10(16)12-14-7-4-8-15-12/h4,7-9H,3,5-6H2,1-2H3. The Bertz CT molecular complexity index is 440. The van der Waals surface area contributed by atoms with E-state index in [4.69, 9.17) is 0 Å². The molecule has 1 fully saturated rings. The average molecular weight is 232 g/mol. The molecular weight excluding hydrogens is 216 g/mol. The van der Waals surface area contributed by atoms with Gasteiger partial charge in [-0.05, 0) is 18.9 Å². The second kappa shape index (κ2) is 4.35. The maximum absolute atomic E-state index is 12.2. The van der Waals surface area contributed by atoms with Crippen molar-refractivity contribution in [1.82, 2.24) is 9.97 Å². The zero-order valence-corrected chi connectivity index (χ0v) is 10.1. The molecule has 4 nitrogen and oxygen atoms in total. The predicted molar refractivity (Wildman–Crippen MR) is 62.5 cm³/mol. The van der Waals surface area contributed by atoms with Crippen molar-refractivity contribution in [2.45, 2.75) is 33.1 Å². The van der Waals surface area contributed by atoms with E-state index in [0.29, 0.717) is 6.42 Å². The van der Waals surface area contributed by atoms with E-state index in [1.54, 1.807) is 6.07 Å². The molecule has 1 aliphatic rings. The first-order valence-electron chi connectivity index (χ1n) is 5.88. The van der Waals surface area contributed by atoms with Gasteiger partial charge in [0.2, 0.25) is 5.78 Å². The molecule has 0 radical (unpaired) electrons. The number of hydrogen-bond acceptors (Lipinski definition) is 4. The van der Waals surface area contributed by atoms with Gasteiger partial charge in [0.1, 0.15) is 5.78 Å². The highest BCUT2D eigenvalue weighted by molar-refractivity contribution is 6.10. The molecule has 0 aromatic carbocycles. The van der Waals surface area contributed by atoms with Gasteiger partial charge in [0, 0.05) is 17.8 Å². The van der Waals surface area contributed by atoms with Crippen LogP contribution in [0.1, 0.15) is 43.7 Å². The molecule has 0 amide bonds. The van der Waals surface area contributed by atoms with Gasteiger partial charge < -0.3 is 0 Å². The minimum Gasteiger partial charge on any atom is -0.298 e. The minimum absolute atomic E-state index is 0.0289. The second-order valence-electron chi connectivity index (χ2n) is 5.13. The van der Waals surface area contributed by atoms with Crippen molar-refractivity contribution in [1.29, 1.82) is 0 Å². The average Bonchev–Trinajstić information content (AvgIpc) is 2.33. The highest BCUT2D eigenvalue weighted by Crippen LogP contribution is 2.36. The Hall–Kier alpha value is -1.58. The van der Waals surface area contributed by atoms with Gasteiger partial charge >= 0.3 is 0 Å². The normalized spacial score (nSPS) is 23.4. The summed E-state index contributed by atoms with van der Waals surface area (Å²) in [6.07, 6.45) is 5.43. The van der Waals surface area contributed by atoms with Crippen LogP contribution in [0.2, 0.25) is 0 Å². The molecule has 0 spiro atoms. The lowest BCUT2D eigenvalue weighted by Crippen LogP contribution is -2.39. The molecule has 1 saturated carbocycles. The first-order valence-corrected chi connectivity index (χ1v) is 5.88. The molecule has 90 valence electrons. The molecule has 2 rings (SSSR count). The van der Waals surface area contributed by atoms with Crippen LogP contribution in [-0.2, 0) is 4.79 Å². The van der Waals surface area contributed by atoms with E-state index in [1.807, 2.05) is 13.8 Å². The Labute approximate surface area is 100 Å². The predicted octanol–water partition coefficient (Wildman–Crippen LogP) is 2.05. The van der Waals surface area contributed by atoms with Crippen molar-refractivity contribution in [2.75, 3.05) is 0 Å². The van der Waals surface area contributed by atoms with Gasteiger partial charge in [-0.15, -0.1) is 0 Å². The van der Waals surface area contributed by atoms with Gasteiger partial charge in [-0.1, -0.05) is 20.3 Å². The maximum Gasteiger partial charge on any atom is 0.210 e. The summed E-state index contributed by atoms with van der Waals surface area (Å²) in [5, 5.41) is 0. The summed E-state index contributed by atoms with van der Waals surface area (Å²) >= 11 is 0. The maximum atomic E-state index is 12.2. The number of nitrogens with zero attached hydrogens (tertiary/aromatic N) is 2. The third-order valence-corrected chi connectivity index (χ3v) is 3.38. The lowest BCUT2D eigenvalue weighted by Gasteiger charge is -2.32. The van der Waals surface area contributed by atoms with Crippen LogP contribution in [0, 0.1) is 11.3 Å². The monoisotopic (exact) mass is 232 g/mol. The van der Waals surface area contributed by atoms with Gasteiger partial charge in [0.05, 0.1) is 5.92 Å². The van der Waals surface area contributed by atoms with Crippen LogP contribution in [0.3, 0.4) is 0 Å². The first-order chi connectivity index (χ1) is 8.02. The summed E-state index contributed by atoms with van der Waals surface area (Å²) in [6, 6.07) is 1.66. The number of carbonyl (C=O) groups is 2. The third kappa shape index (κ3) is 2.25. The number of rotatable bonds is 2. The third-order valence-electron chi connectivity index (χ3n) is 3.38. The van der Waals surface area contributed by atoms with Crippen LogP contribution < -0.4 is 0 Å². The van der Waals surface area contributed by atoms with Crippen LogP contribution in [0.5, 0.6) is 0 Å². The van der Waals surface area contributed by atoms with E-state index in [1.165, 1.54) is 12.4 Å². The molecular formula is C13H16N2O2. The number of hydrogen-bond donors (Lipinski definition) is 0. The van der Waals surface area contributed by atoms with Gasteiger partial charge in [-0.3, -0.25) is 9.59 Å².